The zero-order valence-electron chi connectivity index (χ0n) is 5.75. The molecule has 0 amide bonds. The first-order valence-corrected chi connectivity index (χ1v) is 3.48. The predicted molar refractivity (Wildman–Crippen MR) is 42.2 cm³/mol. The smallest absolute Gasteiger partial charge is 0.329 e. The molecule has 1 aliphatic carbocycles. The van der Waals surface area contributed by atoms with E-state index in [1.54, 1.807) is 12.2 Å². The molecule has 0 saturated heterocycles. The number of alkyl halides is 1. The maximum Gasteiger partial charge on any atom is 0.329 e. The largest absolute Gasteiger partial charge is 0.480 e. The number of hydrogen-bond acceptors (Lipinski definition) is 2. The number of carboxylic acid groups (broad SMARTS) is 1. The van der Waals surface area contributed by atoms with E-state index in [9.17, 15) is 4.79 Å². The van der Waals surface area contributed by atoms with Gasteiger partial charge in [-0.05, 0) is 6.08 Å². The summed E-state index contributed by atoms with van der Waals surface area (Å²) < 4.78 is 0. The predicted octanol–water partition coefficient (Wildman–Crippen LogP) is 0.851. The monoisotopic (exact) mass is 173 g/mol. The second-order valence-electron chi connectivity index (χ2n) is 2.45. The molecule has 3 nitrogen and oxygen atoms in total. The first kappa shape index (κ1) is 8.14. The van der Waals surface area contributed by atoms with E-state index in [1.165, 1.54) is 6.08 Å². The van der Waals surface area contributed by atoms with Gasteiger partial charge in [-0.15, -0.1) is 11.6 Å². The minimum atomic E-state index is -1.33. The second-order valence-corrected chi connectivity index (χ2v) is 3.12. The number of aliphatic carboxylic acids is 1. The molecule has 1 atom stereocenters. The van der Waals surface area contributed by atoms with Crippen LogP contribution in [0.5, 0.6) is 0 Å². The lowest BCUT2D eigenvalue weighted by Crippen LogP contribution is -2.33. The van der Waals surface area contributed by atoms with Crippen molar-refractivity contribution in [2.75, 3.05) is 0 Å². The average Bonchev–Trinajstić information content (AvgIpc) is 1.86. The standard InChI is InChI=1S/C7H8ClNO2/c8-7(6(10)11)3-1-2-5(9)4-7/h1-3H,4,9H2,(H,10,11). The van der Waals surface area contributed by atoms with E-state index in [4.69, 9.17) is 22.4 Å². The van der Waals surface area contributed by atoms with Crippen molar-refractivity contribution in [1.82, 2.24) is 0 Å². The quantitative estimate of drug-likeness (QED) is 0.578. The van der Waals surface area contributed by atoms with Crippen LogP contribution in [-0.4, -0.2) is 16.0 Å². The molecule has 1 aliphatic rings. The van der Waals surface area contributed by atoms with Gasteiger partial charge in [-0.25, -0.2) is 4.79 Å². The minimum absolute atomic E-state index is 0.167. The molecule has 11 heavy (non-hydrogen) atoms. The zero-order chi connectivity index (χ0) is 8.48. The van der Waals surface area contributed by atoms with Crippen molar-refractivity contribution in [3.05, 3.63) is 23.9 Å². The van der Waals surface area contributed by atoms with Crippen molar-refractivity contribution in [1.29, 1.82) is 0 Å². The lowest BCUT2D eigenvalue weighted by Gasteiger charge is -2.20. The van der Waals surface area contributed by atoms with Crippen LogP contribution >= 0.6 is 11.6 Å². The van der Waals surface area contributed by atoms with Gasteiger partial charge in [0.2, 0.25) is 0 Å². The molecular weight excluding hydrogens is 166 g/mol. The fourth-order valence-electron chi connectivity index (χ4n) is 0.886. The summed E-state index contributed by atoms with van der Waals surface area (Å²) in [5, 5.41) is 8.65. The van der Waals surface area contributed by atoms with Gasteiger partial charge in [0.1, 0.15) is 0 Å². The highest BCUT2D eigenvalue weighted by atomic mass is 35.5. The van der Waals surface area contributed by atoms with Gasteiger partial charge >= 0.3 is 5.97 Å². The number of halogens is 1. The van der Waals surface area contributed by atoms with Crippen molar-refractivity contribution in [3.8, 4) is 0 Å². The Labute approximate surface area is 69.1 Å². The van der Waals surface area contributed by atoms with E-state index in [0.717, 1.165) is 0 Å². The average molecular weight is 174 g/mol. The molecule has 0 aromatic heterocycles. The Kier molecular flexibility index (Phi) is 1.91. The van der Waals surface area contributed by atoms with Gasteiger partial charge in [-0.2, -0.15) is 0 Å². The van der Waals surface area contributed by atoms with Crippen LogP contribution in [0.15, 0.2) is 23.9 Å². The summed E-state index contributed by atoms with van der Waals surface area (Å²) in [6, 6.07) is 0. The van der Waals surface area contributed by atoms with Gasteiger partial charge in [0.25, 0.3) is 0 Å². The van der Waals surface area contributed by atoms with E-state index in [-0.39, 0.29) is 6.42 Å². The Bertz CT molecular complexity index is 247. The van der Waals surface area contributed by atoms with E-state index < -0.39 is 10.8 Å². The number of hydrogen-bond donors (Lipinski definition) is 2. The summed E-state index contributed by atoms with van der Waals surface area (Å²) >= 11 is 5.70. The van der Waals surface area contributed by atoms with Gasteiger partial charge in [-0.1, -0.05) is 12.2 Å². The third kappa shape index (κ3) is 1.54. The lowest BCUT2D eigenvalue weighted by atomic mass is 9.98. The van der Waals surface area contributed by atoms with Crippen LogP contribution in [0.1, 0.15) is 6.42 Å². The van der Waals surface area contributed by atoms with Gasteiger partial charge < -0.3 is 10.8 Å². The van der Waals surface area contributed by atoms with Gasteiger partial charge in [0, 0.05) is 12.1 Å². The highest BCUT2D eigenvalue weighted by molar-refractivity contribution is 6.35. The van der Waals surface area contributed by atoms with Crippen LogP contribution in [0.2, 0.25) is 0 Å². The Hall–Kier alpha value is -0.960. The summed E-state index contributed by atoms with van der Waals surface area (Å²) in [7, 11) is 0. The topological polar surface area (TPSA) is 63.3 Å². The van der Waals surface area contributed by atoms with Gasteiger partial charge in [0.15, 0.2) is 4.87 Å². The number of allylic oxidation sites excluding steroid dienone is 3. The SMILES string of the molecule is NC1=CC=CC(Cl)(C(=O)O)C1. The third-order valence-electron chi connectivity index (χ3n) is 1.49. The fraction of sp³-hybridized carbons (Fsp3) is 0.286. The maximum absolute atomic E-state index is 10.6. The molecule has 0 heterocycles. The van der Waals surface area contributed by atoms with E-state index in [1.807, 2.05) is 0 Å². The highest BCUT2D eigenvalue weighted by Crippen LogP contribution is 2.27. The number of nitrogens with two attached hydrogens (primary N) is 1. The molecule has 0 radical (unpaired) electrons. The van der Waals surface area contributed by atoms with Crippen LogP contribution < -0.4 is 5.73 Å². The maximum atomic E-state index is 10.6. The Balaban J connectivity index is 2.86. The van der Waals surface area contributed by atoms with E-state index in [0.29, 0.717) is 5.70 Å². The van der Waals surface area contributed by atoms with E-state index >= 15 is 0 Å². The molecule has 0 aromatic rings. The molecule has 60 valence electrons. The molecule has 1 unspecified atom stereocenters. The lowest BCUT2D eigenvalue weighted by molar-refractivity contribution is -0.138. The molecular formula is C7H8ClNO2. The number of rotatable bonds is 1. The second kappa shape index (κ2) is 2.58. The van der Waals surface area contributed by atoms with Crippen molar-refractivity contribution < 1.29 is 9.90 Å². The molecule has 3 N–H and O–H groups in total. The molecule has 4 heteroatoms. The van der Waals surface area contributed by atoms with Crippen molar-refractivity contribution in [3.63, 3.8) is 0 Å². The van der Waals surface area contributed by atoms with Crippen molar-refractivity contribution in [2.24, 2.45) is 5.73 Å². The first-order valence-electron chi connectivity index (χ1n) is 3.11. The number of carboxylic acids is 1. The van der Waals surface area contributed by atoms with Gasteiger partial charge in [-0.3, -0.25) is 0 Å². The fourth-order valence-corrected chi connectivity index (χ4v) is 1.11. The Morgan fingerprint density at radius 2 is 2.45 bits per heavy atom. The number of carbonyl (C=O) groups is 1. The summed E-state index contributed by atoms with van der Waals surface area (Å²) in [6.45, 7) is 0. The van der Waals surface area contributed by atoms with Crippen LogP contribution in [0.25, 0.3) is 0 Å². The molecule has 0 fully saturated rings. The molecule has 0 spiro atoms. The molecule has 0 bridgehead atoms. The Morgan fingerprint density at radius 3 is 2.82 bits per heavy atom. The van der Waals surface area contributed by atoms with Crippen LogP contribution in [0.3, 0.4) is 0 Å². The van der Waals surface area contributed by atoms with Crippen LogP contribution in [0, 0.1) is 0 Å². The van der Waals surface area contributed by atoms with E-state index in [2.05, 4.69) is 0 Å². The third-order valence-corrected chi connectivity index (χ3v) is 1.91. The summed E-state index contributed by atoms with van der Waals surface area (Å²) in [5.74, 6) is -1.06. The van der Waals surface area contributed by atoms with Crippen molar-refractivity contribution in [2.45, 2.75) is 11.3 Å². The van der Waals surface area contributed by atoms with Crippen molar-refractivity contribution >= 4 is 17.6 Å². The molecule has 1 rings (SSSR count). The summed E-state index contributed by atoms with van der Waals surface area (Å²) in [5.41, 5.74) is 5.90. The normalized spacial score (nSPS) is 29.7. The highest BCUT2D eigenvalue weighted by Gasteiger charge is 2.34. The summed E-state index contributed by atoms with van der Waals surface area (Å²) in [6.07, 6.45) is 4.79. The van der Waals surface area contributed by atoms with Crippen LogP contribution in [-0.2, 0) is 4.79 Å². The minimum Gasteiger partial charge on any atom is -0.480 e. The molecule has 0 aromatic carbocycles. The zero-order valence-corrected chi connectivity index (χ0v) is 6.51. The van der Waals surface area contributed by atoms with Crippen LogP contribution in [0.4, 0.5) is 0 Å². The first-order chi connectivity index (χ1) is 5.04. The molecule has 0 aliphatic heterocycles. The summed E-state index contributed by atoms with van der Waals surface area (Å²) in [4.78, 5) is 9.22. The van der Waals surface area contributed by atoms with Gasteiger partial charge in [0.05, 0.1) is 0 Å². The Morgan fingerprint density at radius 1 is 1.82 bits per heavy atom. The molecule has 0 saturated carbocycles.